The van der Waals surface area contributed by atoms with Gasteiger partial charge in [-0.05, 0) is 48.6 Å². The smallest absolute Gasteiger partial charge is 0.328 e. The molecule has 0 spiro atoms. The van der Waals surface area contributed by atoms with Crippen LogP contribution in [0.3, 0.4) is 0 Å². The highest BCUT2D eigenvalue weighted by Crippen LogP contribution is 2.22. The Kier molecular flexibility index (Phi) is 5.33. The van der Waals surface area contributed by atoms with E-state index in [1.165, 1.54) is 18.2 Å². The fourth-order valence-electron chi connectivity index (χ4n) is 2.50. The predicted octanol–water partition coefficient (Wildman–Crippen LogP) is 2.79. The van der Waals surface area contributed by atoms with E-state index in [0.29, 0.717) is 11.5 Å². The molecule has 4 nitrogen and oxygen atoms in total. The molecule has 0 amide bonds. The van der Waals surface area contributed by atoms with Crippen molar-refractivity contribution in [3.05, 3.63) is 35.7 Å². The first kappa shape index (κ1) is 15.5. The molecule has 1 N–H and O–H groups in total. The summed E-state index contributed by atoms with van der Waals surface area (Å²) in [6, 6.07) is 4.59. The quantitative estimate of drug-likeness (QED) is 0.848. The molecule has 0 unspecified atom stereocenters. The average molecular weight is 293 g/mol. The van der Waals surface area contributed by atoms with E-state index in [4.69, 9.17) is 9.84 Å². The van der Waals surface area contributed by atoms with E-state index >= 15 is 0 Å². The lowest BCUT2D eigenvalue weighted by Crippen LogP contribution is -2.29. The predicted molar refractivity (Wildman–Crippen MR) is 79.9 cm³/mol. The molecule has 21 heavy (non-hydrogen) atoms. The Bertz CT molecular complexity index is 524. The maximum Gasteiger partial charge on any atom is 0.328 e. The molecule has 0 saturated carbocycles. The molecule has 0 atom stereocenters. The molecule has 1 fully saturated rings. The van der Waals surface area contributed by atoms with E-state index in [0.717, 1.165) is 44.4 Å². The molecule has 0 bridgehead atoms. The second-order valence-electron chi connectivity index (χ2n) is 5.35. The van der Waals surface area contributed by atoms with Crippen molar-refractivity contribution in [2.75, 3.05) is 31.7 Å². The van der Waals surface area contributed by atoms with Crippen LogP contribution in [0.2, 0.25) is 0 Å². The lowest BCUT2D eigenvalue weighted by Gasteiger charge is -2.28. The molecule has 114 valence electrons. The van der Waals surface area contributed by atoms with Crippen LogP contribution in [-0.2, 0) is 9.53 Å². The third-order valence-electron chi connectivity index (χ3n) is 3.64. The van der Waals surface area contributed by atoms with Crippen molar-refractivity contribution >= 4 is 17.7 Å². The van der Waals surface area contributed by atoms with E-state index in [1.807, 2.05) is 11.9 Å². The van der Waals surface area contributed by atoms with Gasteiger partial charge in [0.1, 0.15) is 5.82 Å². The summed E-state index contributed by atoms with van der Waals surface area (Å²) in [7, 11) is 1.93. The second kappa shape index (κ2) is 7.22. The van der Waals surface area contributed by atoms with Crippen LogP contribution in [0.5, 0.6) is 0 Å². The van der Waals surface area contributed by atoms with Crippen molar-refractivity contribution in [2.24, 2.45) is 5.92 Å². The van der Waals surface area contributed by atoms with Crippen LogP contribution in [0.25, 0.3) is 6.08 Å². The van der Waals surface area contributed by atoms with Gasteiger partial charge in [0.05, 0.1) is 0 Å². The minimum atomic E-state index is -1.05. The van der Waals surface area contributed by atoms with Crippen molar-refractivity contribution in [1.82, 2.24) is 0 Å². The number of anilines is 1. The van der Waals surface area contributed by atoms with E-state index in [9.17, 15) is 9.18 Å². The molecule has 1 aromatic rings. The number of carboxylic acid groups (broad SMARTS) is 1. The standard InChI is InChI=1S/C16H20FNO3/c1-18(11-12-4-6-21-7-5-12)15-9-13(2-3-16(19)20)8-14(17)10-15/h2-3,8-10,12H,4-7,11H2,1H3,(H,19,20)/b3-2+. The van der Waals surface area contributed by atoms with E-state index in [-0.39, 0.29) is 5.82 Å². The fourth-order valence-corrected chi connectivity index (χ4v) is 2.50. The van der Waals surface area contributed by atoms with Crippen molar-refractivity contribution < 1.29 is 19.0 Å². The first-order valence-corrected chi connectivity index (χ1v) is 7.05. The van der Waals surface area contributed by atoms with Crippen LogP contribution < -0.4 is 4.90 Å². The molecule has 2 rings (SSSR count). The number of aliphatic carboxylic acids is 1. The monoisotopic (exact) mass is 293 g/mol. The molecule has 1 aromatic carbocycles. The minimum absolute atomic E-state index is 0.364. The van der Waals surface area contributed by atoms with Crippen molar-refractivity contribution in [1.29, 1.82) is 0 Å². The van der Waals surface area contributed by atoms with E-state index in [1.54, 1.807) is 6.07 Å². The fraction of sp³-hybridized carbons (Fsp3) is 0.438. The first-order chi connectivity index (χ1) is 10.0. The molecule has 1 aliphatic heterocycles. The maximum atomic E-state index is 13.7. The molecule has 5 heteroatoms. The van der Waals surface area contributed by atoms with Crippen molar-refractivity contribution in [3.63, 3.8) is 0 Å². The third-order valence-corrected chi connectivity index (χ3v) is 3.64. The highest BCUT2D eigenvalue weighted by atomic mass is 19.1. The van der Waals surface area contributed by atoms with Gasteiger partial charge in [-0.25, -0.2) is 9.18 Å². The number of hydrogen-bond acceptors (Lipinski definition) is 3. The van der Waals surface area contributed by atoms with Crippen LogP contribution in [0.4, 0.5) is 10.1 Å². The molecule has 1 saturated heterocycles. The number of hydrogen-bond donors (Lipinski definition) is 1. The number of ether oxygens (including phenoxy) is 1. The highest BCUT2D eigenvalue weighted by molar-refractivity contribution is 5.85. The van der Waals surface area contributed by atoms with Gasteiger partial charge in [-0.1, -0.05) is 0 Å². The van der Waals surface area contributed by atoms with Crippen LogP contribution in [0, 0.1) is 11.7 Å². The Morgan fingerprint density at radius 3 is 2.81 bits per heavy atom. The van der Waals surface area contributed by atoms with Gasteiger partial charge < -0.3 is 14.7 Å². The number of rotatable bonds is 5. The van der Waals surface area contributed by atoms with E-state index < -0.39 is 5.97 Å². The topological polar surface area (TPSA) is 49.8 Å². The van der Waals surface area contributed by atoms with Gasteiger partial charge in [0.15, 0.2) is 0 Å². The van der Waals surface area contributed by atoms with Gasteiger partial charge in [-0.2, -0.15) is 0 Å². The van der Waals surface area contributed by atoms with Crippen LogP contribution >= 0.6 is 0 Å². The summed E-state index contributed by atoms with van der Waals surface area (Å²) < 4.78 is 19.0. The third kappa shape index (κ3) is 4.86. The summed E-state index contributed by atoms with van der Waals surface area (Å²) in [6.07, 6.45) is 4.45. The zero-order valence-corrected chi connectivity index (χ0v) is 12.1. The van der Waals surface area contributed by atoms with Crippen molar-refractivity contribution in [3.8, 4) is 0 Å². The Morgan fingerprint density at radius 2 is 2.14 bits per heavy atom. The molecule has 0 aliphatic carbocycles. The Morgan fingerprint density at radius 1 is 1.43 bits per heavy atom. The van der Waals surface area contributed by atoms with E-state index in [2.05, 4.69) is 0 Å². The molecule has 0 aromatic heterocycles. The van der Waals surface area contributed by atoms with Gasteiger partial charge in [-0.3, -0.25) is 0 Å². The number of benzene rings is 1. The van der Waals surface area contributed by atoms with Gasteiger partial charge in [0, 0.05) is 38.6 Å². The molecular weight excluding hydrogens is 273 g/mol. The summed E-state index contributed by atoms with van der Waals surface area (Å²) in [5, 5.41) is 8.64. The number of nitrogens with zero attached hydrogens (tertiary/aromatic N) is 1. The summed E-state index contributed by atoms with van der Waals surface area (Å²) in [4.78, 5) is 12.5. The summed E-state index contributed by atoms with van der Waals surface area (Å²) in [6.45, 7) is 2.41. The Hall–Kier alpha value is -1.88. The van der Waals surface area contributed by atoms with Crippen LogP contribution in [-0.4, -0.2) is 37.9 Å². The molecular formula is C16H20FNO3. The maximum absolute atomic E-state index is 13.7. The second-order valence-corrected chi connectivity index (χ2v) is 5.35. The zero-order chi connectivity index (χ0) is 15.2. The number of halogens is 1. The Labute approximate surface area is 123 Å². The summed E-state index contributed by atoms with van der Waals surface area (Å²) in [5.74, 6) is -0.863. The SMILES string of the molecule is CN(CC1CCOCC1)c1cc(F)cc(/C=C/C(=O)O)c1. The minimum Gasteiger partial charge on any atom is -0.478 e. The lowest BCUT2D eigenvalue weighted by atomic mass is 9.99. The number of carbonyl (C=O) groups is 1. The number of carboxylic acids is 1. The molecule has 1 aliphatic rings. The molecule has 1 heterocycles. The van der Waals surface area contributed by atoms with Crippen LogP contribution in [0.15, 0.2) is 24.3 Å². The van der Waals surface area contributed by atoms with Gasteiger partial charge >= 0.3 is 5.97 Å². The highest BCUT2D eigenvalue weighted by Gasteiger charge is 2.16. The van der Waals surface area contributed by atoms with Crippen LogP contribution in [0.1, 0.15) is 18.4 Å². The average Bonchev–Trinajstić information content (AvgIpc) is 2.45. The van der Waals surface area contributed by atoms with Gasteiger partial charge in [-0.15, -0.1) is 0 Å². The lowest BCUT2D eigenvalue weighted by molar-refractivity contribution is -0.131. The normalized spacial score (nSPS) is 16.3. The summed E-state index contributed by atoms with van der Waals surface area (Å²) in [5.41, 5.74) is 1.30. The zero-order valence-electron chi connectivity index (χ0n) is 12.1. The van der Waals surface area contributed by atoms with Crippen molar-refractivity contribution in [2.45, 2.75) is 12.8 Å². The Balaban J connectivity index is 2.08. The first-order valence-electron chi connectivity index (χ1n) is 7.05. The largest absolute Gasteiger partial charge is 0.478 e. The van der Waals surface area contributed by atoms with Gasteiger partial charge in [0.25, 0.3) is 0 Å². The molecule has 0 radical (unpaired) electrons. The summed E-state index contributed by atoms with van der Waals surface area (Å²) >= 11 is 0. The van der Waals surface area contributed by atoms with Gasteiger partial charge in [0.2, 0.25) is 0 Å².